The molecule has 1 unspecified atom stereocenters. The van der Waals surface area contributed by atoms with E-state index in [1.165, 1.54) is 32.1 Å². The fourth-order valence-corrected chi connectivity index (χ4v) is 3.41. The third kappa shape index (κ3) is 4.93. The van der Waals surface area contributed by atoms with Crippen molar-refractivity contribution in [3.8, 4) is 0 Å². The van der Waals surface area contributed by atoms with E-state index in [9.17, 15) is 4.79 Å². The van der Waals surface area contributed by atoms with Crippen LogP contribution in [0.1, 0.15) is 44.3 Å². The standard InChI is InChI=1S/C17H29N7O/c1-23(2)16(25)10-18-17(21-13-6-4-3-5-7-13)22-14-8-9-15-19-12-20-24(15)11-14/h12-14H,3-11H2,1-2H3,(H2,18,21,22). The predicted octanol–water partition coefficient (Wildman–Crippen LogP) is 0.549. The Hall–Kier alpha value is -2.12. The van der Waals surface area contributed by atoms with Gasteiger partial charge in [0.25, 0.3) is 0 Å². The highest BCUT2D eigenvalue weighted by Crippen LogP contribution is 2.17. The lowest BCUT2D eigenvalue weighted by atomic mass is 9.96. The molecule has 1 fully saturated rings. The zero-order valence-corrected chi connectivity index (χ0v) is 15.2. The maximum absolute atomic E-state index is 11.9. The van der Waals surface area contributed by atoms with Crippen LogP contribution in [0.3, 0.4) is 0 Å². The smallest absolute Gasteiger partial charge is 0.243 e. The van der Waals surface area contributed by atoms with Crippen LogP contribution in [0, 0.1) is 0 Å². The molecule has 1 amide bonds. The van der Waals surface area contributed by atoms with Gasteiger partial charge >= 0.3 is 0 Å². The first-order valence-electron chi connectivity index (χ1n) is 9.26. The second-order valence-corrected chi connectivity index (χ2v) is 7.17. The first-order valence-corrected chi connectivity index (χ1v) is 9.26. The molecule has 2 N–H and O–H groups in total. The van der Waals surface area contributed by atoms with Crippen LogP contribution >= 0.6 is 0 Å². The van der Waals surface area contributed by atoms with Crippen molar-refractivity contribution >= 4 is 11.9 Å². The van der Waals surface area contributed by atoms with Crippen molar-refractivity contribution in [3.63, 3.8) is 0 Å². The molecule has 1 aromatic rings. The Balaban J connectivity index is 1.62. The zero-order chi connectivity index (χ0) is 17.6. The first kappa shape index (κ1) is 17.7. The molecule has 1 saturated carbocycles. The van der Waals surface area contributed by atoms with E-state index in [1.54, 1.807) is 25.3 Å². The highest BCUT2D eigenvalue weighted by Gasteiger charge is 2.22. The van der Waals surface area contributed by atoms with Gasteiger partial charge in [0, 0.05) is 32.6 Å². The molecule has 2 heterocycles. The molecule has 8 heteroatoms. The van der Waals surface area contributed by atoms with E-state index in [0.717, 1.165) is 31.2 Å². The van der Waals surface area contributed by atoms with Crippen molar-refractivity contribution in [3.05, 3.63) is 12.2 Å². The lowest BCUT2D eigenvalue weighted by Crippen LogP contribution is -2.50. The number of aryl methyl sites for hydroxylation is 1. The monoisotopic (exact) mass is 347 g/mol. The summed E-state index contributed by atoms with van der Waals surface area (Å²) in [4.78, 5) is 22.3. The molecular formula is C17H29N7O. The molecule has 0 radical (unpaired) electrons. The molecule has 8 nitrogen and oxygen atoms in total. The van der Waals surface area contributed by atoms with Gasteiger partial charge in [-0.1, -0.05) is 19.3 Å². The summed E-state index contributed by atoms with van der Waals surface area (Å²) in [7, 11) is 3.51. The number of nitrogens with zero attached hydrogens (tertiary/aromatic N) is 5. The number of amides is 1. The number of nitrogens with one attached hydrogen (secondary N) is 2. The van der Waals surface area contributed by atoms with E-state index in [-0.39, 0.29) is 18.5 Å². The van der Waals surface area contributed by atoms with Gasteiger partial charge in [0.2, 0.25) is 5.91 Å². The molecule has 25 heavy (non-hydrogen) atoms. The number of carbonyl (C=O) groups excluding carboxylic acids is 1. The van der Waals surface area contributed by atoms with Crippen LogP contribution < -0.4 is 10.6 Å². The van der Waals surface area contributed by atoms with Crippen molar-refractivity contribution in [2.75, 3.05) is 20.6 Å². The Labute approximate surface area is 149 Å². The predicted molar refractivity (Wildman–Crippen MR) is 96.3 cm³/mol. The van der Waals surface area contributed by atoms with Crippen LogP contribution in [0.25, 0.3) is 0 Å². The maximum atomic E-state index is 11.9. The second-order valence-electron chi connectivity index (χ2n) is 7.17. The maximum Gasteiger partial charge on any atom is 0.243 e. The fraction of sp³-hybridized carbons (Fsp3) is 0.765. The van der Waals surface area contributed by atoms with Gasteiger partial charge in [0.15, 0.2) is 5.96 Å². The summed E-state index contributed by atoms with van der Waals surface area (Å²) in [6.07, 6.45) is 9.68. The number of rotatable bonds is 4. The van der Waals surface area contributed by atoms with Crippen LogP contribution in [0.4, 0.5) is 0 Å². The lowest BCUT2D eigenvalue weighted by Gasteiger charge is -2.29. The second kappa shape index (κ2) is 8.31. The highest BCUT2D eigenvalue weighted by molar-refractivity contribution is 5.85. The molecule has 138 valence electrons. The number of hydrogen-bond acceptors (Lipinski definition) is 4. The topological polar surface area (TPSA) is 87.4 Å². The van der Waals surface area contributed by atoms with E-state index in [1.807, 2.05) is 4.68 Å². The minimum absolute atomic E-state index is 0.00644. The highest BCUT2D eigenvalue weighted by atomic mass is 16.2. The molecule has 0 saturated heterocycles. The van der Waals surface area contributed by atoms with Gasteiger partial charge in [-0.3, -0.25) is 4.79 Å². The summed E-state index contributed by atoms with van der Waals surface area (Å²) in [6.45, 7) is 0.943. The van der Waals surface area contributed by atoms with Gasteiger partial charge in [0.1, 0.15) is 18.7 Å². The Morgan fingerprint density at radius 3 is 2.76 bits per heavy atom. The average Bonchev–Trinajstić information content (AvgIpc) is 3.08. The van der Waals surface area contributed by atoms with Gasteiger partial charge in [-0.2, -0.15) is 5.10 Å². The molecule has 1 atom stereocenters. The minimum Gasteiger partial charge on any atom is -0.354 e. The molecule has 3 rings (SSSR count). The third-order valence-electron chi connectivity index (χ3n) is 4.96. The molecule has 2 aliphatic rings. The summed E-state index contributed by atoms with van der Waals surface area (Å²) in [5, 5.41) is 11.3. The number of aromatic nitrogens is 3. The molecule has 0 bridgehead atoms. The average molecular weight is 347 g/mol. The van der Waals surface area contributed by atoms with E-state index >= 15 is 0 Å². The van der Waals surface area contributed by atoms with Crippen LogP contribution in [-0.4, -0.2) is 64.3 Å². The fourth-order valence-electron chi connectivity index (χ4n) is 3.41. The van der Waals surface area contributed by atoms with Crippen molar-refractivity contribution < 1.29 is 4.79 Å². The Morgan fingerprint density at radius 2 is 2.00 bits per heavy atom. The van der Waals surface area contributed by atoms with E-state index < -0.39 is 0 Å². The van der Waals surface area contributed by atoms with Crippen molar-refractivity contribution in [2.24, 2.45) is 4.99 Å². The van der Waals surface area contributed by atoms with Gasteiger partial charge < -0.3 is 15.5 Å². The first-order chi connectivity index (χ1) is 12.1. The van der Waals surface area contributed by atoms with Gasteiger partial charge in [0.05, 0.1) is 6.54 Å². The van der Waals surface area contributed by atoms with E-state index in [0.29, 0.717) is 6.04 Å². The lowest BCUT2D eigenvalue weighted by molar-refractivity contribution is -0.127. The van der Waals surface area contributed by atoms with Crippen molar-refractivity contribution in [2.45, 2.75) is 63.6 Å². The zero-order valence-electron chi connectivity index (χ0n) is 15.2. The number of fused-ring (bicyclic) bond motifs is 1. The van der Waals surface area contributed by atoms with Crippen LogP contribution in [-0.2, 0) is 17.8 Å². The summed E-state index contributed by atoms with van der Waals surface area (Å²) in [5.74, 6) is 1.79. The Bertz CT molecular complexity index is 604. The largest absolute Gasteiger partial charge is 0.354 e. The quantitative estimate of drug-likeness (QED) is 0.613. The van der Waals surface area contributed by atoms with Gasteiger partial charge in [-0.05, 0) is 19.3 Å². The Morgan fingerprint density at radius 1 is 1.24 bits per heavy atom. The van der Waals surface area contributed by atoms with Crippen molar-refractivity contribution in [1.82, 2.24) is 30.3 Å². The summed E-state index contributed by atoms with van der Waals surface area (Å²) in [6, 6.07) is 0.693. The van der Waals surface area contributed by atoms with Crippen LogP contribution in [0.2, 0.25) is 0 Å². The van der Waals surface area contributed by atoms with Gasteiger partial charge in [-0.15, -0.1) is 0 Å². The normalized spacial score (nSPS) is 21.5. The van der Waals surface area contributed by atoms with Crippen LogP contribution in [0.5, 0.6) is 0 Å². The van der Waals surface area contributed by atoms with E-state index in [4.69, 9.17) is 0 Å². The van der Waals surface area contributed by atoms with Crippen molar-refractivity contribution in [1.29, 1.82) is 0 Å². The molecule has 0 aromatic carbocycles. The molecule has 0 spiro atoms. The van der Waals surface area contributed by atoms with Gasteiger partial charge in [-0.25, -0.2) is 14.7 Å². The molecule has 1 aliphatic carbocycles. The number of hydrogen-bond donors (Lipinski definition) is 2. The Kier molecular flexibility index (Phi) is 5.88. The minimum atomic E-state index is 0.00644. The SMILES string of the molecule is CN(C)C(=O)CN=C(NC1CCCCC1)NC1CCc2ncnn2C1. The molecular weight excluding hydrogens is 318 g/mol. The summed E-state index contributed by atoms with van der Waals surface area (Å²) < 4.78 is 1.95. The number of aliphatic imine (C=N–C) groups is 1. The molecule has 1 aliphatic heterocycles. The molecule has 1 aromatic heterocycles. The summed E-state index contributed by atoms with van der Waals surface area (Å²) in [5.41, 5.74) is 0. The third-order valence-corrected chi connectivity index (χ3v) is 4.96. The number of likely N-dealkylation sites (N-methyl/N-ethyl adjacent to an activating group) is 1. The number of guanidine groups is 1. The number of carbonyl (C=O) groups is 1. The van der Waals surface area contributed by atoms with Crippen LogP contribution in [0.15, 0.2) is 11.3 Å². The summed E-state index contributed by atoms with van der Waals surface area (Å²) >= 11 is 0. The van der Waals surface area contributed by atoms with E-state index in [2.05, 4.69) is 25.7 Å².